The van der Waals surface area contributed by atoms with E-state index in [1.807, 2.05) is 12.1 Å². The molecule has 0 radical (unpaired) electrons. The van der Waals surface area contributed by atoms with E-state index in [-0.39, 0.29) is 5.82 Å². The van der Waals surface area contributed by atoms with Crippen molar-refractivity contribution in [2.24, 2.45) is 0 Å². The summed E-state index contributed by atoms with van der Waals surface area (Å²) in [5.74, 6) is -1.69. The molecule has 0 unspecified atom stereocenters. The van der Waals surface area contributed by atoms with Crippen molar-refractivity contribution in [1.29, 1.82) is 0 Å². The normalized spacial score (nSPS) is 15.4. The molecule has 0 bridgehead atoms. The molecule has 2 aliphatic heterocycles. The first-order valence-corrected chi connectivity index (χ1v) is 13.7. The summed E-state index contributed by atoms with van der Waals surface area (Å²) in [4.78, 5) is 17.8. The number of benzene rings is 2. The Balaban J connectivity index is 0.000000493. The van der Waals surface area contributed by atoms with Gasteiger partial charge in [0.2, 0.25) is 5.88 Å². The average molecular weight is 616 g/mol. The Morgan fingerprint density at radius 1 is 0.841 bits per heavy atom. The van der Waals surface area contributed by atoms with E-state index in [2.05, 4.69) is 49.5 Å². The van der Waals surface area contributed by atoms with Crippen LogP contribution in [0.2, 0.25) is 0 Å². The van der Waals surface area contributed by atoms with E-state index in [4.69, 9.17) is 23.9 Å². The number of nitrogens with zero attached hydrogens (tertiary/aromatic N) is 4. The molecular weight excluding hydrogens is 586 g/mol. The number of halogens is 4. The topological polar surface area (TPSA) is 113 Å². The SMILES string of the molecule is Fc1ccc(-c2c(-c3ccnc(Nc4ccc(N5CCOCC5)cc4)c3)noc2N2CCOCC2)cc1.O=C(O)C(F)(F)F. The van der Waals surface area contributed by atoms with E-state index in [0.717, 1.165) is 48.7 Å². The minimum absolute atomic E-state index is 0.287. The van der Waals surface area contributed by atoms with Crippen LogP contribution < -0.4 is 15.1 Å². The van der Waals surface area contributed by atoms with Gasteiger partial charge in [-0.25, -0.2) is 14.2 Å². The Morgan fingerprint density at radius 3 is 2.02 bits per heavy atom. The molecule has 4 heterocycles. The molecule has 2 aromatic carbocycles. The molecule has 0 saturated carbocycles. The summed E-state index contributed by atoms with van der Waals surface area (Å²) >= 11 is 0. The maximum absolute atomic E-state index is 13.7. The second-order valence-corrected chi connectivity index (χ2v) is 9.82. The number of morpholine rings is 2. The second kappa shape index (κ2) is 13.7. The van der Waals surface area contributed by atoms with Crippen molar-refractivity contribution in [2.75, 3.05) is 67.7 Å². The summed E-state index contributed by atoms with van der Waals surface area (Å²) in [5, 5.41) is 15.0. The van der Waals surface area contributed by atoms with Crippen LogP contribution in [0.1, 0.15) is 0 Å². The van der Waals surface area contributed by atoms with Crippen LogP contribution in [-0.2, 0) is 14.3 Å². The molecule has 4 aromatic rings. The van der Waals surface area contributed by atoms with Gasteiger partial charge in [-0.1, -0.05) is 17.3 Å². The molecule has 10 nitrogen and oxygen atoms in total. The van der Waals surface area contributed by atoms with Gasteiger partial charge in [0, 0.05) is 49.3 Å². The van der Waals surface area contributed by atoms with Crippen molar-refractivity contribution >= 4 is 29.0 Å². The summed E-state index contributed by atoms with van der Waals surface area (Å²) in [5.41, 5.74) is 5.32. The Hall–Kier alpha value is -4.69. The molecule has 44 heavy (non-hydrogen) atoms. The van der Waals surface area contributed by atoms with Crippen LogP contribution in [-0.4, -0.2) is 80.0 Å². The highest BCUT2D eigenvalue weighted by Crippen LogP contribution is 2.40. The summed E-state index contributed by atoms with van der Waals surface area (Å²) in [6.07, 6.45) is -3.34. The van der Waals surface area contributed by atoms with Crippen LogP contribution in [0, 0.1) is 5.82 Å². The molecule has 2 fully saturated rings. The summed E-state index contributed by atoms with van der Waals surface area (Å²) in [7, 11) is 0. The van der Waals surface area contributed by atoms with Gasteiger partial charge in [0.1, 0.15) is 17.3 Å². The highest BCUT2D eigenvalue weighted by molar-refractivity contribution is 5.88. The zero-order valence-electron chi connectivity index (χ0n) is 23.4. The van der Waals surface area contributed by atoms with Gasteiger partial charge in [-0.05, 0) is 54.1 Å². The number of ether oxygens (including phenoxy) is 2. The van der Waals surface area contributed by atoms with Gasteiger partial charge in [0.05, 0.1) is 32.0 Å². The molecule has 2 N–H and O–H groups in total. The van der Waals surface area contributed by atoms with E-state index in [9.17, 15) is 17.6 Å². The van der Waals surface area contributed by atoms with Crippen molar-refractivity contribution in [1.82, 2.24) is 10.1 Å². The number of anilines is 4. The van der Waals surface area contributed by atoms with Gasteiger partial charge < -0.3 is 34.2 Å². The van der Waals surface area contributed by atoms with Gasteiger partial charge in [0.25, 0.3) is 0 Å². The van der Waals surface area contributed by atoms with Crippen molar-refractivity contribution in [3.63, 3.8) is 0 Å². The number of carboxylic acids is 1. The monoisotopic (exact) mass is 615 g/mol. The maximum atomic E-state index is 13.7. The minimum atomic E-state index is -5.08. The third-order valence-electron chi connectivity index (χ3n) is 6.90. The fourth-order valence-corrected chi connectivity index (χ4v) is 4.71. The van der Waals surface area contributed by atoms with Crippen LogP contribution >= 0.6 is 0 Å². The summed E-state index contributed by atoms with van der Waals surface area (Å²) in [6.45, 7) is 5.95. The number of nitrogens with one attached hydrogen (secondary N) is 1. The number of aliphatic carboxylic acids is 1. The first-order valence-electron chi connectivity index (χ1n) is 13.7. The van der Waals surface area contributed by atoms with E-state index >= 15 is 0 Å². The van der Waals surface area contributed by atoms with Gasteiger partial charge in [-0.15, -0.1) is 0 Å². The van der Waals surface area contributed by atoms with Crippen molar-refractivity contribution in [2.45, 2.75) is 6.18 Å². The molecule has 0 amide bonds. The number of rotatable bonds is 6. The van der Waals surface area contributed by atoms with E-state index in [0.29, 0.717) is 43.7 Å². The van der Waals surface area contributed by atoms with Crippen LogP contribution in [0.25, 0.3) is 22.4 Å². The third-order valence-corrected chi connectivity index (χ3v) is 6.90. The fraction of sp³-hybridized carbons (Fsp3) is 0.300. The first-order chi connectivity index (χ1) is 21.2. The molecule has 6 rings (SSSR count). The number of alkyl halides is 3. The lowest BCUT2D eigenvalue weighted by Crippen LogP contribution is -2.36. The molecule has 232 valence electrons. The lowest BCUT2D eigenvalue weighted by atomic mass is 10.0. The third kappa shape index (κ3) is 7.63. The average Bonchev–Trinajstić information content (AvgIpc) is 3.48. The maximum Gasteiger partial charge on any atom is 0.490 e. The molecule has 0 atom stereocenters. The highest BCUT2D eigenvalue weighted by atomic mass is 19.4. The molecule has 0 aliphatic carbocycles. The van der Waals surface area contributed by atoms with E-state index in [1.54, 1.807) is 18.3 Å². The van der Waals surface area contributed by atoms with Crippen LogP contribution in [0.4, 0.5) is 40.6 Å². The molecule has 2 saturated heterocycles. The van der Waals surface area contributed by atoms with E-state index < -0.39 is 12.1 Å². The van der Waals surface area contributed by atoms with Crippen LogP contribution in [0.5, 0.6) is 0 Å². The lowest BCUT2D eigenvalue weighted by molar-refractivity contribution is -0.192. The quantitative estimate of drug-likeness (QED) is 0.266. The minimum Gasteiger partial charge on any atom is -0.475 e. The van der Waals surface area contributed by atoms with Gasteiger partial charge >= 0.3 is 12.1 Å². The van der Waals surface area contributed by atoms with Gasteiger partial charge in [-0.3, -0.25) is 0 Å². The standard InChI is InChI=1S/C28H28FN5O3.C2HF3O2/c29-22-3-1-20(2-4-22)26-27(32-37-28(26)34-13-17-36-18-14-34)21-9-10-30-25(19-21)31-23-5-7-24(8-6-23)33-11-15-35-16-12-33;3-2(4,5)1(6)7/h1-10,19H,11-18H2,(H,30,31);(H,6,7). The number of carbonyl (C=O) groups is 1. The Morgan fingerprint density at radius 2 is 1.43 bits per heavy atom. The Bertz CT molecular complexity index is 1530. The van der Waals surface area contributed by atoms with Gasteiger partial charge in [-0.2, -0.15) is 13.2 Å². The predicted octanol–water partition coefficient (Wildman–Crippen LogP) is 5.59. The van der Waals surface area contributed by atoms with Crippen molar-refractivity contribution in [3.05, 3.63) is 72.7 Å². The van der Waals surface area contributed by atoms with Gasteiger partial charge in [0.15, 0.2) is 0 Å². The lowest BCUT2D eigenvalue weighted by Gasteiger charge is -2.28. The number of hydrogen-bond acceptors (Lipinski definition) is 9. The predicted molar refractivity (Wildman–Crippen MR) is 155 cm³/mol. The van der Waals surface area contributed by atoms with E-state index in [1.165, 1.54) is 17.8 Å². The molecule has 2 aromatic heterocycles. The number of aromatic nitrogens is 2. The Kier molecular flexibility index (Phi) is 9.60. The molecule has 14 heteroatoms. The molecule has 0 spiro atoms. The van der Waals surface area contributed by atoms with Crippen molar-refractivity contribution < 1.29 is 41.5 Å². The largest absolute Gasteiger partial charge is 0.490 e. The number of carboxylic acid groups (broad SMARTS) is 1. The molecular formula is C30H29F4N5O5. The summed E-state index contributed by atoms with van der Waals surface area (Å²) in [6, 6.07) is 18.6. The fourth-order valence-electron chi connectivity index (χ4n) is 4.71. The number of pyridine rings is 1. The molecule has 2 aliphatic rings. The summed E-state index contributed by atoms with van der Waals surface area (Å²) < 4.78 is 62.3. The second-order valence-electron chi connectivity index (χ2n) is 9.82. The van der Waals surface area contributed by atoms with Crippen LogP contribution in [0.15, 0.2) is 71.4 Å². The first kappa shape index (κ1) is 30.8. The zero-order chi connectivity index (χ0) is 31.1. The number of hydrogen-bond donors (Lipinski definition) is 2. The smallest absolute Gasteiger partial charge is 0.475 e. The highest BCUT2D eigenvalue weighted by Gasteiger charge is 2.38. The Labute approximate surface area is 249 Å². The zero-order valence-corrected chi connectivity index (χ0v) is 23.4. The van der Waals surface area contributed by atoms with Crippen molar-refractivity contribution in [3.8, 4) is 22.4 Å². The van der Waals surface area contributed by atoms with Crippen LogP contribution in [0.3, 0.4) is 0 Å².